The van der Waals surface area contributed by atoms with Crippen molar-refractivity contribution in [1.82, 2.24) is 14.3 Å². The highest BCUT2D eigenvalue weighted by Gasteiger charge is 2.40. The Labute approximate surface area is 138 Å². The van der Waals surface area contributed by atoms with Crippen LogP contribution in [0.1, 0.15) is 22.5 Å². The number of fused-ring (bicyclic) bond motifs is 1. The minimum Gasteiger partial charge on any atom is -0.383 e. The maximum absolute atomic E-state index is 13.1. The van der Waals surface area contributed by atoms with Crippen LogP contribution in [0.5, 0.6) is 0 Å². The van der Waals surface area contributed by atoms with Gasteiger partial charge in [-0.1, -0.05) is 18.2 Å². The molecule has 1 saturated heterocycles. The minimum atomic E-state index is -1.15. The highest BCUT2D eigenvalue weighted by molar-refractivity contribution is 5.93. The van der Waals surface area contributed by atoms with Crippen molar-refractivity contribution in [2.24, 2.45) is 0 Å². The van der Waals surface area contributed by atoms with E-state index in [1.807, 2.05) is 24.4 Å². The van der Waals surface area contributed by atoms with Gasteiger partial charge in [-0.2, -0.15) is 0 Å². The number of halogens is 1. The number of nitrogens with zero attached hydrogens (tertiary/aromatic N) is 3. The van der Waals surface area contributed by atoms with Gasteiger partial charge in [0.05, 0.1) is 6.54 Å². The van der Waals surface area contributed by atoms with E-state index in [2.05, 4.69) is 4.98 Å². The number of likely N-dealkylation sites (tertiary alicyclic amines) is 1. The average Bonchev–Trinajstić information content (AvgIpc) is 3.19. The lowest BCUT2D eigenvalue weighted by Gasteiger charge is -2.23. The molecule has 0 radical (unpaired) electrons. The maximum Gasteiger partial charge on any atom is 0.274 e. The van der Waals surface area contributed by atoms with E-state index in [0.29, 0.717) is 29.9 Å². The van der Waals surface area contributed by atoms with Gasteiger partial charge in [-0.05, 0) is 36.2 Å². The molecule has 1 atom stereocenters. The van der Waals surface area contributed by atoms with Crippen LogP contribution in [0.2, 0.25) is 0 Å². The number of benzene rings is 1. The van der Waals surface area contributed by atoms with Gasteiger partial charge in [-0.3, -0.25) is 4.79 Å². The molecule has 0 aliphatic carbocycles. The normalized spacial score (nSPS) is 20.7. The Bertz CT molecular complexity index is 873. The van der Waals surface area contributed by atoms with E-state index in [0.717, 1.165) is 0 Å². The highest BCUT2D eigenvalue weighted by atomic mass is 19.1. The summed E-state index contributed by atoms with van der Waals surface area (Å²) in [5.41, 5.74) is 0.523. The van der Waals surface area contributed by atoms with Crippen LogP contribution in [0.15, 0.2) is 54.9 Å². The van der Waals surface area contributed by atoms with Crippen LogP contribution >= 0.6 is 0 Å². The molecular weight excluding hydrogens is 309 g/mol. The monoisotopic (exact) mass is 325 g/mol. The molecule has 4 rings (SSSR count). The van der Waals surface area contributed by atoms with Crippen molar-refractivity contribution in [1.29, 1.82) is 0 Å². The second kappa shape index (κ2) is 5.42. The first-order valence-corrected chi connectivity index (χ1v) is 7.77. The van der Waals surface area contributed by atoms with Gasteiger partial charge in [0.15, 0.2) is 0 Å². The van der Waals surface area contributed by atoms with Crippen molar-refractivity contribution < 1.29 is 14.3 Å². The Kier molecular flexibility index (Phi) is 3.35. The Morgan fingerprint density at radius 1 is 1.21 bits per heavy atom. The smallest absolute Gasteiger partial charge is 0.274 e. The molecular formula is C18H16FN3O2. The zero-order valence-corrected chi connectivity index (χ0v) is 12.9. The topological polar surface area (TPSA) is 57.8 Å². The van der Waals surface area contributed by atoms with Gasteiger partial charge in [-0.25, -0.2) is 9.37 Å². The summed E-state index contributed by atoms with van der Waals surface area (Å²) < 4.78 is 14.9. The first-order valence-electron chi connectivity index (χ1n) is 7.77. The number of amides is 1. The molecule has 1 aromatic carbocycles. The summed E-state index contributed by atoms with van der Waals surface area (Å²) in [4.78, 5) is 18.6. The number of pyridine rings is 1. The molecule has 6 heteroatoms. The fourth-order valence-electron chi connectivity index (χ4n) is 3.16. The van der Waals surface area contributed by atoms with Crippen LogP contribution in [0.25, 0.3) is 5.65 Å². The van der Waals surface area contributed by atoms with Crippen molar-refractivity contribution in [3.05, 3.63) is 71.9 Å². The van der Waals surface area contributed by atoms with Gasteiger partial charge in [0.25, 0.3) is 5.91 Å². The summed E-state index contributed by atoms with van der Waals surface area (Å²) in [5.74, 6) is -0.560. The summed E-state index contributed by atoms with van der Waals surface area (Å²) >= 11 is 0. The molecule has 1 N–H and O–H groups in total. The Hall–Kier alpha value is -2.73. The fraction of sp³-hybridized carbons (Fsp3) is 0.222. The van der Waals surface area contributed by atoms with Crippen molar-refractivity contribution in [3.63, 3.8) is 0 Å². The molecule has 0 spiro atoms. The molecule has 1 unspecified atom stereocenters. The largest absolute Gasteiger partial charge is 0.383 e. The van der Waals surface area contributed by atoms with Gasteiger partial charge in [0, 0.05) is 18.9 Å². The first kappa shape index (κ1) is 14.8. The van der Waals surface area contributed by atoms with E-state index in [-0.39, 0.29) is 18.3 Å². The average molecular weight is 325 g/mol. The van der Waals surface area contributed by atoms with E-state index in [4.69, 9.17) is 0 Å². The van der Waals surface area contributed by atoms with E-state index in [9.17, 15) is 14.3 Å². The number of rotatable bonds is 2. The summed E-state index contributed by atoms with van der Waals surface area (Å²) in [5, 5.41) is 10.8. The second-order valence-electron chi connectivity index (χ2n) is 6.11. The molecule has 3 heterocycles. The van der Waals surface area contributed by atoms with Gasteiger partial charge >= 0.3 is 0 Å². The van der Waals surface area contributed by atoms with Gasteiger partial charge in [0.2, 0.25) is 0 Å². The molecule has 1 aliphatic heterocycles. The third-order valence-corrected chi connectivity index (χ3v) is 4.50. The molecule has 2 aromatic heterocycles. The van der Waals surface area contributed by atoms with E-state index in [1.54, 1.807) is 27.6 Å². The minimum absolute atomic E-state index is 0.172. The van der Waals surface area contributed by atoms with Crippen molar-refractivity contribution in [2.45, 2.75) is 12.0 Å². The molecule has 1 fully saturated rings. The standard InChI is InChI=1S/C18H16FN3O2/c19-14-6-4-13(5-7-14)18(24)8-10-22(12-18)17(23)15-11-21-9-2-1-3-16(21)20-15/h1-7,9,11,24H,8,10,12H2. The first-order chi connectivity index (χ1) is 11.5. The van der Waals surface area contributed by atoms with Gasteiger partial charge in [0.1, 0.15) is 22.8 Å². The molecule has 1 aliphatic rings. The SMILES string of the molecule is O=C(c1cn2ccccc2n1)N1CCC(O)(c2ccc(F)cc2)C1. The molecule has 0 bridgehead atoms. The van der Waals surface area contributed by atoms with Crippen LogP contribution in [-0.4, -0.2) is 38.4 Å². The lowest BCUT2D eigenvalue weighted by Crippen LogP contribution is -2.34. The molecule has 24 heavy (non-hydrogen) atoms. The van der Waals surface area contributed by atoms with Crippen LogP contribution in [0.3, 0.4) is 0 Å². The quantitative estimate of drug-likeness (QED) is 0.786. The summed E-state index contributed by atoms with van der Waals surface area (Å²) in [6, 6.07) is 11.3. The lowest BCUT2D eigenvalue weighted by atomic mass is 9.93. The number of hydrogen-bond donors (Lipinski definition) is 1. The van der Waals surface area contributed by atoms with Crippen LogP contribution in [0.4, 0.5) is 4.39 Å². The van der Waals surface area contributed by atoms with Crippen molar-refractivity contribution in [3.8, 4) is 0 Å². The number of β-amino-alcohol motifs (C(OH)–C–C–N with tert-alkyl or cyclic N) is 1. The van der Waals surface area contributed by atoms with E-state index < -0.39 is 5.60 Å². The van der Waals surface area contributed by atoms with Crippen molar-refractivity contribution >= 4 is 11.6 Å². The lowest BCUT2D eigenvalue weighted by molar-refractivity contribution is 0.0415. The van der Waals surface area contributed by atoms with Crippen molar-refractivity contribution in [2.75, 3.05) is 13.1 Å². The van der Waals surface area contributed by atoms with E-state index in [1.165, 1.54) is 12.1 Å². The highest BCUT2D eigenvalue weighted by Crippen LogP contribution is 2.32. The number of aromatic nitrogens is 2. The maximum atomic E-state index is 13.1. The van der Waals surface area contributed by atoms with Gasteiger partial charge in [-0.15, -0.1) is 0 Å². The number of aliphatic hydroxyl groups is 1. The Morgan fingerprint density at radius 2 is 2.00 bits per heavy atom. The number of hydrogen-bond acceptors (Lipinski definition) is 3. The zero-order valence-electron chi connectivity index (χ0n) is 12.9. The second-order valence-corrected chi connectivity index (χ2v) is 6.11. The van der Waals surface area contributed by atoms with Crippen LogP contribution < -0.4 is 0 Å². The predicted molar refractivity (Wildman–Crippen MR) is 86.0 cm³/mol. The molecule has 5 nitrogen and oxygen atoms in total. The molecule has 122 valence electrons. The zero-order chi connectivity index (χ0) is 16.7. The fourth-order valence-corrected chi connectivity index (χ4v) is 3.16. The number of imidazole rings is 1. The van der Waals surface area contributed by atoms with E-state index >= 15 is 0 Å². The van der Waals surface area contributed by atoms with Crippen LogP contribution in [-0.2, 0) is 5.60 Å². The molecule has 3 aromatic rings. The summed E-state index contributed by atoms with van der Waals surface area (Å²) in [6.45, 7) is 0.603. The Balaban J connectivity index is 1.57. The summed E-state index contributed by atoms with van der Waals surface area (Å²) in [6.07, 6.45) is 3.93. The predicted octanol–water partition coefficient (Wildman–Crippen LogP) is 2.21. The Morgan fingerprint density at radius 3 is 2.75 bits per heavy atom. The summed E-state index contributed by atoms with van der Waals surface area (Å²) in [7, 11) is 0. The number of carbonyl (C=O) groups excluding carboxylic acids is 1. The molecule has 0 saturated carbocycles. The third-order valence-electron chi connectivity index (χ3n) is 4.50. The number of carbonyl (C=O) groups is 1. The third kappa shape index (κ3) is 2.45. The van der Waals surface area contributed by atoms with Crippen LogP contribution in [0, 0.1) is 5.82 Å². The van der Waals surface area contributed by atoms with Gasteiger partial charge < -0.3 is 14.4 Å². The molecule has 1 amide bonds.